The summed E-state index contributed by atoms with van der Waals surface area (Å²) < 4.78 is 7.35. The molecule has 0 unspecified atom stereocenters. The molecule has 0 radical (unpaired) electrons. The van der Waals surface area contributed by atoms with Gasteiger partial charge in [-0.15, -0.1) is 0 Å². The van der Waals surface area contributed by atoms with Gasteiger partial charge in [-0.3, -0.25) is 9.13 Å². The third-order valence-electron chi connectivity index (χ3n) is 10.0. The fourth-order valence-corrected chi connectivity index (χ4v) is 9.07. The molecule has 0 atom stereocenters. The van der Waals surface area contributed by atoms with E-state index in [4.69, 9.17) is 0 Å². The van der Waals surface area contributed by atoms with Gasteiger partial charge in [-0.2, -0.15) is 0 Å². The Hall–Kier alpha value is -5.97. The van der Waals surface area contributed by atoms with Crippen LogP contribution < -0.4 is 0 Å². The van der Waals surface area contributed by atoms with Crippen molar-refractivity contribution < 1.29 is 0 Å². The maximum absolute atomic E-state index is 2.52. The van der Waals surface area contributed by atoms with Crippen molar-refractivity contribution in [3.63, 3.8) is 0 Å². The van der Waals surface area contributed by atoms with E-state index >= 15 is 0 Å². The lowest BCUT2D eigenvalue weighted by Crippen LogP contribution is -2.06. The highest BCUT2D eigenvalue weighted by Gasteiger charge is 2.28. The van der Waals surface area contributed by atoms with Gasteiger partial charge in [0.25, 0.3) is 0 Å². The number of rotatable bonds is 3. The molecule has 224 valence electrons. The molecule has 4 heteroatoms. The Kier molecular flexibility index (Phi) is 5.32. The molecule has 10 aromatic rings. The van der Waals surface area contributed by atoms with Crippen molar-refractivity contribution in [3.05, 3.63) is 164 Å². The number of nitrogens with zero attached hydrogens (tertiary/aromatic N) is 3. The molecule has 0 aliphatic carbocycles. The van der Waals surface area contributed by atoms with E-state index in [1.165, 1.54) is 92.6 Å². The van der Waals surface area contributed by atoms with E-state index in [9.17, 15) is 0 Å². The average Bonchev–Trinajstić information content (AvgIpc) is 3.79. The molecule has 48 heavy (non-hydrogen) atoms. The Balaban J connectivity index is 1.13. The fraction of sp³-hybridized carbons (Fsp3) is 0. The van der Waals surface area contributed by atoms with E-state index in [2.05, 4.69) is 177 Å². The first-order valence-corrected chi connectivity index (χ1v) is 17.2. The van der Waals surface area contributed by atoms with Gasteiger partial charge >= 0.3 is 0 Å². The molecule has 3 aromatic heterocycles. The summed E-state index contributed by atoms with van der Waals surface area (Å²) in [5, 5.41) is 6.44. The van der Waals surface area contributed by atoms with Gasteiger partial charge in [0, 0.05) is 48.1 Å². The summed E-state index contributed by atoms with van der Waals surface area (Å²) in [5.41, 5.74) is 12.1. The summed E-state index contributed by atoms with van der Waals surface area (Å²) in [7, 11) is 0. The van der Waals surface area contributed by atoms with E-state index in [0.29, 0.717) is 0 Å². The highest BCUT2D eigenvalue weighted by molar-refractivity contribution is 7.99. The highest BCUT2D eigenvalue weighted by atomic mass is 32.2. The summed E-state index contributed by atoms with van der Waals surface area (Å²) in [6.07, 6.45) is 0. The molecule has 1 aliphatic rings. The van der Waals surface area contributed by atoms with Crippen LogP contribution in [0.15, 0.2) is 174 Å². The summed E-state index contributed by atoms with van der Waals surface area (Å²) in [4.78, 5) is 2.56. The molecular formula is C44H27N3S. The first-order valence-electron chi connectivity index (χ1n) is 16.4. The summed E-state index contributed by atoms with van der Waals surface area (Å²) in [6.45, 7) is 0. The lowest BCUT2D eigenvalue weighted by atomic mass is 10.0. The monoisotopic (exact) mass is 629 g/mol. The Morgan fingerprint density at radius 3 is 1.69 bits per heavy atom. The molecule has 11 rings (SSSR count). The van der Waals surface area contributed by atoms with Crippen molar-refractivity contribution in [2.75, 3.05) is 0 Å². The van der Waals surface area contributed by atoms with Gasteiger partial charge < -0.3 is 4.57 Å². The SMILES string of the molecule is c1ccc(-n2c3ccccc3c3c4cccc5c4n(c32)-c2cc(-c3ccc(-n4c6ccccc6c6ccccc64)cc3)ccc2S5)cc1. The van der Waals surface area contributed by atoms with Crippen LogP contribution in [0.4, 0.5) is 0 Å². The first-order chi connectivity index (χ1) is 23.8. The van der Waals surface area contributed by atoms with Gasteiger partial charge in [0.1, 0.15) is 5.65 Å². The summed E-state index contributed by atoms with van der Waals surface area (Å²) >= 11 is 1.87. The normalized spacial score (nSPS) is 12.5. The van der Waals surface area contributed by atoms with Crippen molar-refractivity contribution in [2.24, 2.45) is 0 Å². The average molecular weight is 630 g/mol. The maximum Gasteiger partial charge on any atom is 0.131 e. The van der Waals surface area contributed by atoms with Crippen molar-refractivity contribution >= 4 is 66.4 Å². The third kappa shape index (κ3) is 3.50. The Labute approximate surface area is 280 Å². The predicted octanol–water partition coefficient (Wildman–Crippen LogP) is 12.0. The van der Waals surface area contributed by atoms with Crippen LogP contribution in [0.3, 0.4) is 0 Å². The second-order valence-electron chi connectivity index (χ2n) is 12.6. The molecular weight excluding hydrogens is 603 g/mol. The van der Waals surface area contributed by atoms with Crippen LogP contribution in [0.5, 0.6) is 0 Å². The van der Waals surface area contributed by atoms with Gasteiger partial charge in [0.15, 0.2) is 0 Å². The van der Waals surface area contributed by atoms with Crippen LogP contribution in [0.2, 0.25) is 0 Å². The summed E-state index contributed by atoms with van der Waals surface area (Å²) in [5.74, 6) is 0. The molecule has 0 saturated heterocycles. The minimum Gasteiger partial charge on any atom is -0.309 e. The number of para-hydroxylation sites is 5. The first kappa shape index (κ1) is 26.1. The smallest absolute Gasteiger partial charge is 0.131 e. The topological polar surface area (TPSA) is 14.8 Å². The second kappa shape index (κ2) is 9.77. The van der Waals surface area contributed by atoms with Crippen molar-refractivity contribution in [1.82, 2.24) is 13.7 Å². The van der Waals surface area contributed by atoms with Crippen LogP contribution in [0, 0.1) is 0 Å². The van der Waals surface area contributed by atoms with E-state index in [-0.39, 0.29) is 0 Å². The standard InChI is InChI=1S/C44H27N3S/c1-2-11-30(12-3-1)46-38-19-9-6-15-34(38)42-35-16-10-20-41-43(35)47(44(42)46)39-27-29(23-26-40(39)48-41)28-21-24-31(25-22-28)45-36-17-7-4-13-32(36)33-14-5-8-18-37(33)45/h1-27H. The largest absolute Gasteiger partial charge is 0.309 e. The van der Waals surface area contributed by atoms with Gasteiger partial charge in [0.2, 0.25) is 0 Å². The minimum absolute atomic E-state index is 1.17. The second-order valence-corrected chi connectivity index (χ2v) is 13.7. The number of hydrogen-bond donors (Lipinski definition) is 0. The number of benzene rings is 7. The van der Waals surface area contributed by atoms with Gasteiger partial charge in [0.05, 0.1) is 27.8 Å². The van der Waals surface area contributed by atoms with Gasteiger partial charge in [-0.25, -0.2) is 0 Å². The lowest BCUT2D eigenvalue weighted by molar-refractivity contribution is 1.03. The van der Waals surface area contributed by atoms with Crippen LogP contribution in [0.25, 0.3) is 82.8 Å². The molecule has 0 spiro atoms. The van der Waals surface area contributed by atoms with E-state index in [1.807, 2.05) is 11.8 Å². The van der Waals surface area contributed by atoms with Gasteiger partial charge in [-0.1, -0.05) is 115 Å². The van der Waals surface area contributed by atoms with Crippen molar-refractivity contribution in [3.8, 4) is 28.2 Å². The van der Waals surface area contributed by atoms with E-state index in [0.717, 1.165) is 0 Å². The quantitative estimate of drug-likeness (QED) is 0.190. The molecule has 0 saturated carbocycles. The molecule has 7 aromatic carbocycles. The number of aromatic nitrogens is 3. The van der Waals surface area contributed by atoms with Crippen LogP contribution in [-0.4, -0.2) is 13.7 Å². The van der Waals surface area contributed by atoms with Crippen LogP contribution in [0.1, 0.15) is 0 Å². The molecule has 0 N–H and O–H groups in total. The van der Waals surface area contributed by atoms with Crippen LogP contribution in [-0.2, 0) is 0 Å². The molecule has 0 amide bonds. The van der Waals surface area contributed by atoms with E-state index < -0.39 is 0 Å². The molecule has 0 bridgehead atoms. The van der Waals surface area contributed by atoms with Crippen molar-refractivity contribution in [2.45, 2.75) is 9.79 Å². The van der Waals surface area contributed by atoms with Gasteiger partial charge in [-0.05, 0) is 71.8 Å². The maximum atomic E-state index is 2.52. The summed E-state index contributed by atoms with van der Waals surface area (Å²) in [6, 6.07) is 59.8. The zero-order valence-electron chi connectivity index (χ0n) is 25.8. The van der Waals surface area contributed by atoms with E-state index in [1.54, 1.807) is 0 Å². The molecule has 3 nitrogen and oxygen atoms in total. The Morgan fingerprint density at radius 2 is 0.958 bits per heavy atom. The minimum atomic E-state index is 1.17. The van der Waals surface area contributed by atoms with Crippen LogP contribution >= 0.6 is 11.8 Å². The number of hydrogen-bond acceptors (Lipinski definition) is 1. The third-order valence-corrected chi connectivity index (χ3v) is 11.1. The molecule has 0 fully saturated rings. The highest BCUT2D eigenvalue weighted by Crippen LogP contribution is 2.50. The lowest BCUT2D eigenvalue weighted by Gasteiger charge is -2.22. The molecule has 1 aliphatic heterocycles. The predicted molar refractivity (Wildman–Crippen MR) is 202 cm³/mol. The Morgan fingerprint density at radius 1 is 0.375 bits per heavy atom. The fourth-order valence-electron chi connectivity index (χ4n) is 8.00. The Bertz CT molecular complexity index is 2850. The zero-order valence-corrected chi connectivity index (χ0v) is 26.7. The zero-order chi connectivity index (χ0) is 31.3. The van der Waals surface area contributed by atoms with Crippen molar-refractivity contribution in [1.29, 1.82) is 0 Å². The number of fused-ring (bicyclic) bond motifs is 10. The molecule has 4 heterocycles.